The van der Waals surface area contributed by atoms with Crippen LogP contribution in [0.3, 0.4) is 0 Å². The van der Waals surface area contributed by atoms with E-state index in [2.05, 4.69) is 20.9 Å². The molecule has 0 unspecified atom stereocenters. The van der Waals surface area contributed by atoms with Gasteiger partial charge < -0.3 is 0 Å². The summed E-state index contributed by atoms with van der Waals surface area (Å²) in [7, 11) is 0. The van der Waals surface area contributed by atoms with Crippen LogP contribution in [0, 0.1) is 6.92 Å². The van der Waals surface area contributed by atoms with E-state index in [4.69, 9.17) is 23.2 Å². The first kappa shape index (κ1) is 10.2. The largest absolute Gasteiger partial charge is 0.234 e. The second-order valence-electron chi connectivity index (χ2n) is 3.06. The maximum absolute atomic E-state index is 6.04. The molecule has 0 aliphatic carbocycles. The number of hydrogen-bond acceptors (Lipinski definition) is 1. The molecule has 72 valence electrons. The van der Waals surface area contributed by atoms with Crippen LogP contribution in [0.1, 0.15) is 5.56 Å². The van der Waals surface area contributed by atoms with Crippen LogP contribution >= 0.6 is 39.1 Å². The van der Waals surface area contributed by atoms with Gasteiger partial charge in [0, 0.05) is 9.86 Å². The van der Waals surface area contributed by atoms with Gasteiger partial charge in [0.25, 0.3) is 0 Å². The van der Waals surface area contributed by atoms with Crippen molar-refractivity contribution >= 4 is 50.0 Å². The van der Waals surface area contributed by atoms with Crippen molar-refractivity contribution in [3.05, 3.63) is 38.4 Å². The standard InChI is InChI=1S/C10H6BrCl2N/c1-5-2-6-3-7(11)4-8(12)9(6)14-10(5)13/h2-4H,1H3. The van der Waals surface area contributed by atoms with Crippen LogP contribution in [-0.2, 0) is 0 Å². The van der Waals surface area contributed by atoms with E-state index in [0.29, 0.717) is 10.2 Å². The molecule has 4 heteroatoms. The first-order valence-electron chi connectivity index (χ1n) is 4.00. The molecule has 1 aromatic carbocycles. The Morgan fingerprint density at radius 3 is 2.64 bits per heavy atom. The number of benzene rings is 1. The summed E-state index contributed by atoms with van der Waals surface area (Å²) < 4.78 is 0.943. The van der Waals surface area contributed by atoms with Gasteiger partial charge in [0.2, 0.25) is 0 Å². The number of aryl methyl sites for hydroxylation is 1. The third kappa shape index (κ3) is 1.74. The van der Waals surface area contributed by atoms with Crippen LogP contribution in [0.15, 0.2) is 22.7 Å². The molecule has 0 N–H and O–H groups in total. The summed E-state index contributed by atoms with van der Waals surface area (Å²) >= 11 is 15.3. The summed E-state index contributed by atoms with van der Waals surface area (Å²) in [5.74, 6) is 0. The minimum absolute atomic E-state index is 0.502. The van der Waals surface area contributed by atoms with E-state index in [1.807, 2.05) is 25.1 Å². The van der Waals surface area contributed by atoms with Crippen molar-refractivity contribution in [2.45, 2.75) is 6.92 Å². The van der Waals surface area contributed by atoms with E-state index < -0.39 is 0 Å². The predicted octanol–water partition coefficient (Wildman–Crippen LogP) is 4.61. The van der Waals surface area contributed by atoms with Crippen molar-refractivity contribution < 1.29 is 0 Å². The molecule has 0 aliphatic rings. The van der Waals surface area contributed by atoms with Gasteiger partial charge in [0.05, 0.1) is 10.5 Å². The smallest absolute Gasteiger partial charge is 0.132 e. The number of halogens is 3. The second-order valence-corrected chi connectivity index (χ2v) is 4.74. The third-order valence-electron chi connectivity index (χ3n) is 1.97. The van der Waals surface area contributed by atoms with Gasteiger partial charge in [-0.3, -0.25) is 0 Å². The molecule has 2 aromatic rings. The fourth-order valence-corrected chi connectivity index (χ4v) is 2.31. The number of rotatable bonds is 0. The van der Waals surface area contributed by atoms with Crippen molar-refractivity contribution in [3.63, 3.8) is 0 Å². The Hall–Kier alpha value is -0.310. The molecule has 0 radical (unpaired) electrons. The number of aromatic nitrogens is 1. The van der Waals surface area contributed by atoms with Crippen LogP contribution in [-0.4, -0.2) is 4.98 Å². The lowest BCUT2D eigenvalue weighted by atomic mass is 10.2. The molecule has 0 atom stereocenters. The summed E-state index contributed by atoms with van der Waals surface area (Å²) in [4.78, 5) is 4.23. The van der Waals surface area contributed by atoms with E-state index in [1.54, 1.807) is 0 Å². The molecular weight excluding hydrogens is 285 g/mol. The highest BCUT2D eigenvalue weighted by Gasteiger charge is 2.05. The monoisotopic (exact) mass is 289 g/mol. The summed E-state index contributed by atoms with van der Waals surface area (Å²) in [6, 6.07) is 5.75. The van der Waals surface area contributed by atoms with Crippen LogP contribution in [0.2, 0.25) is 10.2 Å². The van der Waals surface area contributed by atoms with E-state index in [-0.39, 0.29) is 0 Å². The molecule has 0 spiro atoms. The van der Waals surface area contributed by atoms with Crippen molar-refractivity contribution in [2.24, 2.45) is 0 Å². The van der Waals surface area contributed by atoms with Crippen molar-refractivity contribution in [2.75, 3.05) is 0 Å². The van der Waals surface area contributed by atoms with Gasteiger partial charge in [0.15, 0.2) is 0 Å². The van der Waals surface area contributed by atoms with Gasteiger partial charge in [-0.2, -0.15) is 0 Å². The molecule has 0 bridgehead atoms. The van der Waals surface area contributed by atoms with E-state index in [9.17, 15) is 0 Å². The molecule has 0 amide bonds. The Morgan fingerprint density at radius 1 is 1.21 bits per heavy atom. The fourth-order valence-electron chi connectivity index (χ4n) is 1.29. The zero-order valence-electron chi connectivity index (χ0n) is 7.31. The zero-order chi connectivity index (χ0) is 10.3. The van der Waals surface area contributed by atoms with Gasteiger partial charge in [-0.05, 0) is 30.7 Å². The Balaban J connectivity index is 2.89. The number of pyridine rings is 1. The highest BCUT2D eigenvalue weighted by molar-refractivity contribution is 9.10. The van der Waals surface area contributed by atoms with E-state index in [0.717, 1.165) is 20.9 Å². The highest BCUT2D eigenvalue weighted by Crippen LogP contribution is 2.29. The zero-order valence-corrected chi connectivity index (χ0v) is 10.4. The lowest BCUT2D eigenvalue weighted by Crippen LogP contribution is -1.85. The first-order chi connectivity index (χ1) is 6.58. The van der Waals surface area contributed by atoms with Gasteiger partial charge in [-0.15, -0.1) is 0 Å². The third-order valence-corrected chi connectivity index (χ3v) is 3.09. The van der Waals surface area contributed by atoms with Gasteiger partial charge in [0.1, 0.15) is 5.15 Å². The van der Waals surface area contributed by atoms with Crippen LogP contribution in [0.25, 0.3) is 10.9 Å². The Morgan fingerprint density at radius 2 is 1.93 bits per heavy atom. The van der Waals surface area contributed by atoms with Crippen LogP contribution in [0.4, 0.5) is 0 Å². The maximum atomic E-state index is 6.04. The molecule has 2 rings (SSSR count). The van der Waals surface area contributed by atoms with Gasteiger partial charge in [-0.1, -0.05) is 39.1 Å². The molecule has 0 saturated carbocycles. The Kier molecular flexibility index (Phi) is 2.69. The molecular formula is C10H6BrCl2N. The minimum atomic E-state index is 0.502. The van der Waals surface area contributed by atoms with Crippen LogP contribution < -0.4 is 0 Å². The number of fused-ring (bicyclic) bond motifs is 1. The summed E-state index contributed by atoms with van der Waals surface area (Å²) in [5.41, 5.74) is 1.69. The van der Waals surface area contributed by atoms with Gasteiger partial charge >= 0.3 is 0 Å². The average Bonchev–Trinajstić information content (AvgIpc) is 2.08. The molecule has 1 heterocycles. The lowest BCUT2D eigenvalue weighted by molar-refractivity contribution is 1.33. The van der Waals surface area contributed by atoms with Crippen LogP contribution in [0.5, 0.6) is 0 Å². The summed E-state index contributed by atoms with van der Waals surface area (Å²) in [5, 5.41) is 2.10. The topological polar surface area (TPSA) is 12.9 Å². The summed E-state index contributed by atoms with van der Waals surface area (Å²) in [6.07, 6.45) is 0. The molecule has 1 aromatic heterocycles. The molecule has 0 fully saturated rings. The number of nitrogens with zero attached hydrogens (tertiary/aromatic N) is 1. The second kappa shape index (κ2) is 3.69. The van der Waals surface area contributed by atoms with E-state index in [1.165, 1.54) is 0 Å². The van der Waals surface area contributed by atoms with E-state index >= 15 is 0 Å². The molecule has 1 nitrogen and oxygen atoms in total. The van der Waals surface area contributed by atoms with Crippen molar-refractivity contribution in [3.8, 4) is 0 Å². The average molecular weight is 291 g/mol. The first-order valence-corrected chi connectivity index (χ1v) is 5.55. The number of hydrogen-bond donors (Lipinski definition) is 0. The molecule has 14 heavy (non-hydrogen) atoms. The van der Waals surface area contributed by atoms with Crippen molar-refractivity contribution in [1.29, 1.82) is 0 Å². The quantitative estimate of drug-likeness (QED) is 0.646. The Bertz CT molecular complexity index is 511. The highest BCUT2D eigenvalue weighted by atomic mass is 79.9. The molecule has 0 saturated heterocycles. The molecule has 0 aliphatic heterocycles. The fraction of sp³-hybridized carbons (Fsp3) is 0.100. The van der Waals surface area contributed by atoms with Crippen molar-refractivity contribution in [1.82, 2.24) is 4.98 Å². The SMILES string of the molecule is Cc1cc2cc(Br)cc(Cl)c2nc1Cl. The minimum Gasteiger partial charge on any atom is -0.234 e. The predicted molar refractivity (Wildman–Crippen MR) is 64.2 cm³/mol. The Labute approximate surface area is 100 Å². The lowest BCUT2D eigenvalue weighted by Gasteiger charge is -2.03. The van der Waals surface area contributed by atoms with Gasteiger partial charge in [-0.25, -0.2) is 4.98 Å². The summed E-state index contributed by atoms with van der Waals surface area (Å²) in [6.45, 7) is 1.92. The normalized spacial score (nSPS) is 10.9. The maximum Gasteiger partial charge on any atom is 0.132 e.